The third-order valence-corrected chi connectivity index (χ3v) is 9.45. The van der Waals surface area contributed by atoms with Gasteiger partial charge in [-0.1, -0.05) is 79.1 Å². The van der Waals surface area contributed by atoms with Crippen molar-refractivity contribution >= 4 is 57.1 Å². The summed E-state index contributed by atoms with van der Waals surface area (Å²) in [5.74, 6) is 0. The van der Waals surface area contributed by atoms with Gasteiger partial charge in [0.2, 0.25) is 0 Å². The van der Waals surface area contributed by atoms with Gasteiger partial charge in [0, 0.05) is 48.7 Å². The molecule has 0 N–H and O–H groups in total. The Bertz CT molecular complexity index is 2180. The van der Waals surface area contributed by atoms with Crippen molar-refractivity contribution in [3.8, 4) is 22.5 Å². The van der Waals surface area contributed by atoms with Gasteiger partial charge in [-0.3, -0.25) is 0 Å². The number of rotatable bonds is 3. The van der Waals surface area contributed by atoms with Crippen LogP contribution in [0.4, 0.5) is 0 Å². The Morgan fingerprint density at radius 2 is 1.37 bits per heavy atom. The summed E-state index contributed by atoms with van der Waals surface area (Å²) in [7, 11) is -1.46. The second-order valence-corrected chi connectivity index (χ2v) is 16.3. The molecule has 0 aliphatic rings. The summed E-state index contributed by atoms with van der Waals surface area (Å²) >= 11 is 0. The van der Waals surface area contributed by atoms with Gasteiger partial charge in [0.05, 0.1) is 13.7 Å². The molecule has 0 fully saturated rings. The van der Waals surface area contributed by atoms with Gasteiger partial charge in [0.15, 0.2) is 0 Å². The maximum absolute atomic E-state index is 6.25. The van der Waals surface area contributed by atoms with E-state index >= 15 is 0 Å². The second-order valence-electron chi connectivity index (χ2n) is 11.3. The number of nitrogens with zero attached hydrogens (tertiary/aromatic N) is 2. The average molecular weight is 753 g/mol. The van der Waals surface area contributed by atoms with Crippen LogP contribution in [-0.4, -0.2) is 18.0 Å². The molecule has 4 heterocycles. The van der Waals surface area contributed by atoms with Gasteiger partial charge in [0.1, 0.15) is 16.7 Å². The van der Waals surface area contributed by atoms with E-state index in [2.05, 4.69) is 66.0 Å². The van der Waals surface area contributed by atoms with E-state index in [4.69, 9.17) is 8.83 Å². The quantitative estimate of drug-likeness (QED) is 0.133. The molecule has 4 nitrogen and oxygen atoms in total. The van der Waals surface area contributed by atoms with Crippen molar-refractivity contribution in [1.29, 1.82) is 0 Å². The molecule has 8 rings (SSSR count). The Balaban J connectivity index is 0.000000152. The number of hydrogen-bond acceptors (Lipinski definition) is 4. The first-order valence-corrected chi connectivity index (χ1v) is 17.5. The van der Waals surface area contributed by atoms with Gasteiger partial charge >= 0.3 is 0 Å². The zero-order chi connectivity index (χ0) is 28.7. The molecule has 0 atom stereocenters. The Morgan fingerprint density at radius 1 is 0.605 bits per heavy atom. The Morgan fingerprint density at radius 3 is 2.16 bits per heavy atom. The molecule has 0 amide bonds. The minimum atomic E-state index is -1.46. The molecule has 0 aliphatic carbocycles. The zero-order valence-corrected chi connectivity index (χ0v) is 27.4. The van der Waals surface area contributed by atoms with Crippen molar-refractivity contribution < 1.29 is 28.9 Å². The van der Waals surface area contributed by atoms with E-state index in [1.807, 2.05) is 85.1 Å². The maximum Gasteiger partial charge on any atom is 0.134 e. The van der Waals surface area contributed by atoms with Gasteiger partial charge < -0.3 is 18.8 Å². The van der Waals surface area contributed by atoms with Crippen LogP contribution < -0.4 is 5.19 Å². The molecule has 0 spiro atoms. The van der Waals surface area contributed by atoms with E-state index in [-0.39, 0.29) is 20.1 Å². The monoisotopic (exact) mass is 753 g/mol. The number of para-hydroxylation sites is 2. The van der Waals surface area contributed by atoms with Crippen LogP contribution in [0.15, 0.2) is 124 Å². The molecule has 1 radical (unpaired) electrons. The normalized spacial score (nSPS) is 11.4. The van der Waals surface area contributed by atoms with E-state index in [0.717, 1.165) is 66.4 Å². The van der Waals surface area contributed by atoms with Gasteiger partial charge in [-0.25, -0.2) is 0 Å². The summed E-state index contributed by atoms with van der Waals surface area (Å²) in [6.07, 6.45) is 3.70. The van der Waals surface area contributed by atoms with E-state index in [0.29, 0.717) is 0 Å². The van der Waals surface area contributed by atoms with Crippen LogP contribution in [0.1, 0.15) is 0 Å². The Kier molecular flexibility index (Phi) is 7.84. The van der Waals surface area contributed by atoms with Gasteiger partial charge in [-0.15, -0.1) is 54.1 Å². The zero-order valence-electron chi connectivity index (χ0n) is 24.0. The molecule has 0 aliphatic heterocycles. The summed E-state index contributed by atoms with van der Waals surface area (Å²) in [5, 5.41) is 5.84. The predicted octanol–water partition coefficient (Wildman–Crippen LogP) is 9.44. The molecule has 43 heavy (non-hydrogen) atoms. The smallest absolute Gasteiger partial charge is 0.134 e. The minimum Gasteiger partial charge on any atom is -0.501 e. The van der Waals surface area contributed by atoms with Gasteiger partial charge in [0.25, 0.3) is 0 Å². The minimum absolute atomic E-state index is 0. The molecule has 0 unspecified atom stereocenters. The maximum atomic E-state index is 6.25. The van der Waals surface area contributed by atoms with Crippen molar-refractivity contribution in [2.24, 2.45) is 0 Å². The first-order chi connectivity index (χ1) is 20.5. The van der Waals surface area contributed by atoms with Crippen molar-refractivity contribution in [1.82, 2.24) is 9.97 Å². The molecule has 6 heteroatoms. The van der Waals surface area contributed by atoms with Gasteiger partial charge in [-0.05, 0) is 34.8 Å². The number of fused-ring (bicyclic) bond motifs is 6. The van der Waals surface area contributed by atoms with Crippen LogP contribution >= 0.6 is 0 Å². The van der Waals surface area contributed by atoms with Crippen LogP contribution in [-0.2, 0) is 20.1 Å². The molecule has 0 saturated carbocycles. The van der Waals surface area contributed by atoms with E-state index in [9.17, 15) is 0 Å². The van der Waals surface area contributed by atoms with Crippen LogP contribution in [0.5, 0.6) is 0 Å². The average Bonchev–Trinajstić information content (AvgIpc) is 3.60. The molecular weight excluding hydrogens is 725 g/mol. The third-order valence-electron chi connectivity index (χ3n) is 7.44. The fourth-order valence-electron chi connectivity index (χ4n) is 5.37. The summed E-state index contributed by atoms with van der Waals surface area (Å²) < 4.78 is 12.2. The van der Waals surface area contributed by atoms with Crippen LogP contribution in [0.25, 0.3) is 66.4 Å². The SMILES string of the molecule is C[Si](C)(C)c1cccc2c1oc1cc(-c3[c-]cccc3)ncc12.[Ir].[c-]1ccc2c(oc3ccccc32)c1-c1ccccn1. The van der Waals surface area contributed by atoms with Crippen molar-refractivity contribution in [3.63, 3.8) is 0 Å². The van der Waals surface area contributed by atoms with Crippen molar-refractivity contribution in [2.75, 3.05) is 0 Å². The molecule has 4 aromatic heterocycles. The van der Waals surface area contributed by atoms with Crippen molar-refractivity contribution in [3.05, 3.63) is 128 Å². The molecule has 8 aromatic rings. The van der Waals surface area contributed by atoms with Crippen LogP contribution in [0, 0.1) is 12.1 Å². The predicted molar refractivity (Wildman–Crippen MR) is 175 cm³/mol. The Hall–Kier alpha value is -4.35. The summed E-state index contributed by atoms with van der Waals surface area (Å²) in [4.78, 5) is 8.99. The van der Waals surface area contributed by atoms with Crippen molar-refractivity contribution in [2.45, 2.75) is 19.6 Å². The number of aromatic nitrogens is 2. The fraction of sp³-hybridized carbons (Fsp3) is 0.0811. The summed E-state index contributed by atoms with van der Waals surface area (Å²) in [6, 6.07) is 40.7. The molecule has 0 bridgehead atoms. The van der Waals surface area contributed by atoms with Gasteiger partial charge in [-0.2, -0.15) is 0 Å². The van der Waals surface area contributed by atoms with E-state index < -0.39 is 8.07 Å². The number of hydrogen-bond donors (Lipinski definition) is 0. The molecule has 0 saturated heterocycles. The molecule has 4 aromatic carbocycles. The molecular formula is C37H28IrN2O2Si-2. The number of benzene rings is 4. The second kappa shape index (κ2) is 11.7. The standard InChI is InChI=1S/C20H18NOSi.C17H10NO.Ir/c1-23(2,3)19-11-7-10-15-16-13-21-17(12-18(16)22-20(15)19)14-8-5-4-6-9-14;1-2-10-16-12(6-1)13-7-5-8-14(17(13)19-16)15-9-3-4-11-18-15;/h4-8,10-13H,1-3H3;1-7,9-11H;/q2*-1;. The topological polar surface area (TPSA) is 52.1 Å². The summed E-state index contributed by atoms with van der Waals surface area (Å²) in [5.41, 5.74) is 7.34. The third kappa shape index (κ3) is 5.45. The number of pyridine rings is 2. The fourth-order valence-corrected chi connectivity index (χ4v) is 6.84. The molecule has 213 valence electrons. The number of furan rings is 2. The Labute approximate surface area is 264 Å². The first-order valence-electron chi connectivity index (χ1n) is 14.0. The van der Waals surface area contributed by atoms with E-state index in [1.165, 1.54) is 5.19 Å². The van der Waals surface area contributed by atoms with Crippen LogP contribution in [0.2, 0.25) is 19.6 Å². The van der Waals surface area contributed by atoms with Crippen LogP contribution in [0.3, 0.4) is 0 Å². The van der Waals surface area contributed by atoms with E-state index in [1.54, 1.807) is 6.20 Å². The first kappa shape index (κ1) is 28.8. The largest absolute Gasteiger partial charge is 0.501 e. The summed E-state index contributed by atoms with van der Waals surface area (Å²) in [6.45, 7) is 7.03.